The molecule has 2 rings (SSSR count). The molecule has 3 nitrogen and oxygen atoms in total. The molecule has 1 atom stereocenters. The lowest BCUT2D eigenvalue weighted by Crippen LogP contribution is -2.12. The fraction of sp³-hybridized carbons (Fsp3) is 0.400. The number of rotatable bonds is 1. The normalized spacial score (nSPS) is 19.9. The standard InChI is InChI=1S/C10H11NO2/c1-6(12)8-4-2-7-3-5-9(13)11-10(7)8/h3,5,8H,2,4H2,1H3,(H,11,13). The van der Waals surface area contributed by atoms with Gasteiger partial charge in [0.15, 0.2) is 0 Å². The zero-order valence-corrected chi connectivity index (χ0v) is 7.46. The highest BCUT2D eigenvalue weighted by Crippen LogP contribution is 2.30. The van der Waals surface area contributed by atoms with Gasteiger partial charge < -0.3 is 4.98 Å². The van der Waals surface area contributed by atoms with Gasteiger partial charge in [-0.2, -0.15) is 0 Å². The molecule has 0 amide bonds. The molecule has 1 heterocycles. The Morgan fingerprint density at radius 2 is 2.31 bits per heavy atom. The first-order chi connectivity index (χ1) is 6.18. The van der Waals surface area contributed by atoms with Gasteiger partial charge >= 0.3 is 0 Å². The molecule has 0 bridgehead atoms. The molecular weight excluding hydrogens is 166 g/mol. The lowest BCUT2D eigenvalue weighted by atomic mass is 10.0. The number of H-pyrrole nitrogens is 1. The molecule has 0 fully saturated rings. The number of nitrogens with one attached hydrogen (secondary N) is 1. The summed E-state index contributed by atoms with van der Waals surface area (Å²) in [7, 11) is 0. The van der Waals surface area contributed by atoms with Crippen molar-refractivity contribution in [3.05, 3.63) is 33.7 Å². The van der Waals surface area contributed by atoms with Crippen LogP contribution in [0.3, 0.4) is 0 Å². The molecule has 0 spiro atoms. The Kier molecular flexibility index (Phi) is 1.79. The number of fused-ring (bicyclic) bond motifs is 1. The van der Waals surface area contributed by atoms with Crippen LogP contribution in [0, 0.1) is 0 Å². The summed E-state index contributed by atoms with van der Waals surface area (Å²) in [5.74, 6) is 0.0597. The summed E-state index contributed by atoms with van der Waals surface area (Å²) in [4.78, 5) is 25.0. The Morgan fingerprint density at radius 3 is 3.00 bits per heavy atom. The van der Waals surface area contributed by atoms with Gasteiger partial charge in [0.2, 0.25) is 5.56 Å². The highest BCUT2D eigenvalue weighted by Gasteiger charge is 2.26. The van der Waals surface area contributed by atoms with Crippen LogP contribution < -0.4 is 5.56 Å². The third-order valence-electron chi connectivity index (χ3n) is 2.58. The molecule has 3 heteroatoms. The molecule has 0 aromatic carbocycles. The molecule has 0 radical (unpaired) electrons. The number of pyridine rings is 1. The predicted octanol–water partition coefficient (Wildman–Crippen LogP) is 0.994. The van der Waals surface area contributed by atoms with Crippen LogP contribution in [0.2, 0.25) is 0 Å². The maximum atomic E-state index is 11.2. The largest absolute Gasteiger partial charge is 0.325 e. The summed E-state index contributed by atoms with van der Waals surface area (Å²) in [6, 6.07) is 3.33. The molecule has 1 aliphatic carbocycles. The van der Waals surface area contributed by atoms with Crippen LogP contribution in [0.5, 0.6) is 0 Å². The Labute approximate surface area is 75.8 Å². The van der Waals surface area contributed by atoms with E-state index in [0.717, 1.165) is 24.1 Å². The maximum absolute atomic E-state index is 11.2. The van der Waals surface area contributed by atoms with E-state index in [-0.39, 0.29) is 17.3 Å². The van der Waals surface area contributed by atoms with E-state index in [4.69, 9.17) is 0 Å². The number of aromatic amines is 1. The third kappa shape index (κ3) is 1.30. The second-order valence-corrected chi connectivity index (χ2v) is 3.46. The minimum Gasteiger partial charge on any atom is -0.325 e. The quantitative estimate of drug-likeness (QED) is 0.695. The summed E-state index contributed by atoms with van der Waals surface area (Å²) in [6.07, 6.45) is 1.74. The van der Waals surface area contributed by atoms with E-state index in [2.05, 4.69) is 4.98 Å². The second kappa shape index (κ2) is 2.83. The number of carbonyl (C=O) groups excluding carboxylic acids is 1. The van der Waals surface area contributed by atoms with Gasteiger partial charge in [0.25, 0.3) is 0 Å². The van der Waals surface area contributed by atoms with Gasteiger partial charge in [0.05, 0.1) is 5.92 Å². The van der Waals surface area contributed by atoms with Gasteiger partial charge in [-0.05, 0) is 25.3 Å². The number of Topliss-reactive ketones (excluding diaryl/α,β-unsaturated/α-hetero) is 1. The SMILES string of the molecule is CC(=O)C1CCc2ccc(=O)[nH]c21. The van der Waals surface area contributed by atoms with Crippen molar-refractivity contribution in [3.63, 3.8) is 0 Å². The fourth-order valence-corrected chi connectivity index (χ4v) is 1.90. The molecule has 13 heavy (non-hydrogen) atoms. The summed E-state index contributed by atoms with van der Waals surface area (Å²) in [5.41, 5.74) is 1.83. The number of ketones is 1. The average molecular weight is 177 g/mol. The van der Waals surface area contributed by atoms with Gasteiger partial charge in [-0.3, -0.25) is 9.59 Å². The van der Waals surface area contributed by atoms with Gasteiger partial charge in [-0.1, -0.05) is 6.07 Å². The second-order valence-electron chi connectivity index (χ2n) is 3.46. The van der Waals surface area contributed by atoms with E-state index >= 15 is 0 Å². The molecule has 68 valence electrons. The van der Waals surface area contributed by atoms with Crippen molar-refractivity contribution in [2.45, 2.75) is 25.7 Å². The molecule has 0 aliphatic heterocycles. The van der Waals surface area contributed by atoms with Crippen molar-refractivity contribution in [2.24, 2.45) is 0 Å². The topological polar surface area (TPSA) is 49.9 Å². The van der Waals surface area contributed by atoms with Crippen LogP contribution in [0.4, 0.5) is 0 Å². The van der Waals surface area contributed by atoms with Crippen LogP contribution in [0.15, 0.2) is 16.9 Å². The Balaban J connectivity index is 2.52. The number of aryl methyl sites for hydroxylation is 1. The molecule has 1 unspecified atom stereocenters. The lowest BCUT2D eigenvalue weighted by molar-refractivity contribution is -0.118. The third-order valence-corrected chi connectivity index (χ3v) is 2.58. The van der Waals surface area contributed by atoms with Gasteiger partial charge in [-0.25, -0.2) is 0 Å². The number of hydrogen-bond donors (Lipinski definition) is 1. The first kappa shape index (κ1) is 8.23. The highest BCUT2D eigenvalue weighted by molar-refractivity contribution is 5.84. The minimum absolute atomic E-state index is 0.0797. The van der Waals surface area contributed by atoms with Crippen LogP contribution >= 0.6 is 0 Å². The van der Waals surface area contributed by atoms with E-state index in [1.165, 1.54) is 6.07 Å². The Hall–Kier alpha value is -1.38. The van der Waals surface area contributed by atoms with Crippen molar-refractivity contribution in [3.8, 4) is 0 Å². The van der Waals surface area contributed by atoms with Crippen LogP contribution in [0.25, 0.3) is 0 Å². The zero-order valence-electron chi connectivity index (χ0n) is 7.46. The average Bonchev–Trinajstić information content (AvgIpc) is 2.46. The van der Waals surface area contributed by atoms with Crippen LogP contribution in [-0.2, 0) is 11.2 Å². The first-order valence-corrected chi connectivity index (χ1v) is 4.41. The summed E-state index contributed by atoms with van der Waals surface area (Å²) in [5, 5.41) is 0. The van der Waals surface area contributed by atoms with Gasteiger partial charge in [-0.15, -0.1) is 0 Å². The van der Waals surface area contributed by atoms with E-state index in [9.17, 15) is 9.59 Å². The highest BCUT2D eigenvalue weighted by atomic mass is 16.1. The van der Waals surface area contributed by atoms with E-state index in [1.807, 2.05) is 6.07 Å². The zero-order chi connectivity index (χ0) is 9.42. The van der Waals surface area contributed by atoms with Crippen LogP contribution in [-0.4, -0.2) is 10.8 Å². The first-order valence-electron chi connectivity index (χ1n) is 4.41. The number of aromatic nitrogens is 1. The summed E-state index contributed by atoms with van der Waals surface area (Å²) >= 11 is 0. The molecule has 0 saturated heterocycles. The Bertz CT molecular complexity index is 406. The molecular formula is C10H11NO2. The predicted molar refractivity (Wildman–Crippen MR) is 48.8 cm³/mol. The van der Waals surface area contributed by atoms with E-state index in [1.54, 1.807) is 6.92 Å². The van der Waals surface area contributed by atoms with Crippen molar-refractivity contribution in [2.75, 3.05) is 0 Å². The van der Waals surface area contributed by atoms with Gasteiger partial charge in [0.1, 0.15) is 5.78 Å². The number of carbonyl (C=O) groups is 1. The molecule has 1 aromatic rings. The minimum atomic E-state index is -0.119. The Morgan fingerprint density at radius 1 is 1.54 bits per heavy atom. The molecule has 1 aliphatic rings. The summed E-state index contributed by atoms with van der Waals surface area (Å²) < 4.78 is 0. The van der Waals surface area contributed by atoms with Gasteiger partial charge in [0, 0.05) is 11.8 Å². The summed E-state index contributed by atoms with van der Waals surface area (Å²) in [6.45, 7) is 1.57. The number of hydrogen-bond acceptors (Lipinski definition) is 2. The monoisotopic (exact) mass is 177 g/mol. The molecule has 1 N–H and O–H groups in total. The smallest absolute Gasteiger partial charge is 0.248 e. The molecule has 0 saturated carbocycles. The fourth-order valence-electron chi connectivity index (χ4n) is 1.90. The van der Waals surface area contributed by atoms with E-state index < -0.39 is 0 Å². The van der Waals surface area contributed by atoms with E-state index in [0.29, 0.717) is 0 Å². The van der Waals surface area contributed by atoms with Crippen molar-refractivity contribution in [1.29, 1.82) is 0 Å². The van der Waals surface area contributed by atoms with Crippen LogP contribution in [0.1, 0.15) is 30.5 Å². The maximum Gasteiger partial charge on any atom is 0.248 e. The van der Waals surface area contributed by atoms with Crippen molar-refractivity contribution < 1.29 is 4.79 Å². The van der Waals surface area contributed by atoms with Crippen molar-refractivity contribution >= 4 is 5.78 Å². The molecule has 1 aromatic heterocycles. The lowest BCUT2D eigenvalue weighted by Gasteiger charge is -2.05. The van der Waals surface area contributed by atoms with Crippen molar-refractivity contribution in [1.82, 2.24) is 4.98 Å².